The van der Waals surface area contributed by atoms with Crippen molar-refractivity contribution in [2.24, 2.45) is 17.8 Å². The lowest BCUT2D eigenvalue weighted by Crippen LogP contribution is -2.50. The van der Waals surface area contributed by atoms with E-state index in [1.54, 1.807) is 19.9 Å². The molecule has 1 N–H and O–H groups in total. The molecule has 2 aromatic carbocycles. The lowest BCUT2D eigenvalue weighted by Gasteiger charge is -2.57. The fourth-order valence-corrected chi connectivity index (χ4v) is 8.31. The first-order valence-corrected chi connectivity index (χ1v) is 16.8. The Balaban J connectivity index is 1.25. The van der Waals surface area contributed by atoms with Gasteiger partial charge in [0.15, 0.2) is 11.9 Å². The summed E-state index contributed by atoms with van der Waals surface area (Å²) in [6.07, 6.45) is 13.2. The zero-order valence-electron chi connectivity index (χ0n) is 27.5. The van der Waals surface area contributed by atoms with E-state index in [1.165, 1.54) is 50.2 Å². The van der Waals surface area contributed by atoms with Crippen LogP contribution in [0, 0.1) is 17.8 Å². The average molecular weight is 616 g/mol. The van der Waals surface area contributed by atoms with Gasteiger partial charge in [0.1, 0.15) is 11.4 Å². The van der Waals surface area contributed by atoms with Crippen LogP contribution in [0.25, 0.3) is 17.2 Å². The van der Waals surface area contributed by atoms with Crippen molar-refractivity contribution in [1.29, 1.82) is 0 Å². The van der Waals surface area contributed by atoms with Crippen molar-refractivity contribution >= 4 is 18.0 Å². The normalized spacial score (nSPS) is 27.8. The van der Waals surface area contributed by atoms with Crippen LogP contribution >= 0.6 is 0 Å². The SMILES string of the molecule is CC(C)(C)OC(=O)/C=C/c1ccc(-c2ccc(OC(C)(C)C(=O)NOC3CCCCO3)c(C34CC5CC(CC(C5)C3)C4)c2)cc1. The Bertz CT molecular complexity index is 1380. The first-order valence-electron chi connectivity index (χ1n) is 16.8. The molecule has 1 saturated heterocycles. The van der Waals surface area contributed by atoms with Gasteiger partial charge in [0.2, 0.25) is 0 Å². The van der Waals surface area contributed by atoms with Gasteiger partial charge in [-0.15, -0.1) is 0 Å². The second kappa shape index (κ2) is 12.6. The summed E-state index contributed by atoms with van der Waals surface area (Å²) < 4.78 is 17.6. The highest BCUT2D eigenvalue weighted by molar-refractivity contribution is 5.87. The maximum absolute atomic E-state index is 13.3. The molecular weight excluding hydrogens is 566 g/mol. The van der Waals surface area contributed by atoms with Gasteiger partial charge in [0, 0.05) is 24.7 Å². The third kappa shape index (κ3) is 7.47. The number of hydrogen-bond acceptors (Lipinski definition) is 6. The highest BCUT2D eigenvalue weighted by Crippen LogP contribution is 2.62. The number of rotatable bonds is 9. The molecule has 5 fully saturated rings. The molecule has 4 bridgehead atoms. The van der Waals surface area contributed by atoms with Crippen LogP contribution in [0.2, 0.25) is 0 Å². The summed E-state index contributed by atoms with van der Waals surface area (Å²) >= 11 is 0. The molecule has 5 aliphatic rings. The zero-order chi connectivity index (χ0) is 31.8. The Morgan fingerprint density at radius 2 is 1.53 bits per heavy atom. The van der Waals surface area contributed by atoms with E-state index < -0.39 is 17.5 Å². The van der Waals surface area contributed by atoms with E-state index in [-0.39, 0.29) is 17.3 Å². The van der Waals surface area contributed by atoms with E-state index in [2.05, 4.69) is 35.8 Å². The molecule has 7 nitrogen and oxygen atoms in total. The molecule has 2 aromatic rings. The van der Waals surface area contributed by atoms with Gasteiger partial charge in [-0.1, -0.05) is 30.3 Å². The molecular formula is C38H49NO6. The molecule has 0 aromatic heterocycles. The van der Waals surface area contributed by atoms with Gasteiger partial charge in [-0.2, -0.15) is 0 Å². The predicted molar refractivity (Wildman–Crippen MR) is 174 cm³/mol. The lowest BCUT2D eigenvalue weighted by molar-refractivity contribution is -0.205. The summed E-state index contributed by atoms with van der Waals surface area (Å²) in [5, 5.41) is 0. The number of benzene rings is 2. The molecule has 1 aliphatic heterocycles. The van der Waals surface area contributed by atoms with Crippen LogP contribution in [-0.2, 0) is 29.3 Å². The van der Waals surface area contributed by atoms with Crippen LogP contribution in [0.5, 0.6) is 5.75 Å². The molecule has 242 valence electrons. The highest BCUT2D eigenvalue weighted by atomic mass is 16.8. The lowest BCUT2D eigenvalue weighted by atomic mass is 9.48. The number of ether oxygens (including phenoxy) is 3. The Labute approximate surface area is 268 Å². The van der Waals surface area contributed by atoms with Crippen molar-refractivity contribution in [1.82, 2.24) is 5.48 Å². The van der Waals surface area contributed by atoms with Gasteiger partial charge in [0.25, 0.3) is 5.91 Å². The molecule has 1 amide bonds. The van der Waals surface area contributed by atoms with Crippen LogP contribution < -0.4 is 10.2 Å². The van der Waals surface area contributed by atoms with Gasteiger partial charge in [-0.05, 0) is 144 Å². The Kier molecular flexibility index (Phi) is 8.88. The molecule has 4 aliphatic carbocycles. The molecule has 1 atom stereocenters. The second-order valence-electron chi connectivity index (χ2n) is 15.4. The van der Waals surface area contributed by atoms with Gasteiger partial charge < -0.3 is 14.2 Å². The van der Waals surface area contributed by atoms with E-state index >= 15 is 0 Å². The monoisotopic (exact) mass is 615 g/mol. The Morgan fingerprint density at radius 3 is 2.13 bits per heavy atom. The van der Waals surface area contributed by atoms with E-state index in [1.807, 2.05) is 32.9 Å². The highest BCUT2D eigenvalue weighted by Gasteiger charge is 2.53. The number of esters is 1. The molecule has 0 spiro atoms. The molecule has 45 heavy (non-hydrogen) atoms. The molecule has 4 saturated carbocycles. The molecule has 1 unspecified atom stereocenters. The van der Waals surface area contributed by atoms with E-state index in [0.29, 0.717) is 6.61 Å². The second-order valence-corrected chi connectivity index (χ2v) is 15.4. The summed E-state index contributed by atoms with van der Waals surface area (Å²) in [6, 6.07) is 14.7. The fraction of sp³-hybridized carbons (Fsp3) is 0.579. The van der Waals surface area contributed by atoms with Gasteiger partial charge in [0.05, 0.1) is 0 Å². The van der Waals surface area contributed by atoms with Crippen molar-refractivity contribution in [3.05, 3.63) is 59.7 Å². The van der Waals surface area contributed by atoms with Crippen LogP contribution in [0.3, 0.4) is 0 Å². The molecule has 7 heteroatoms. The van der Waals surface area contributed by atoms with E-state index in [4.69, 9.17) is 19.0 Å². The van der Waals surface area contributed by atoms with Crippen molar-refractivity contribution in [3.63, 3.8) is 0 Å². The maximum atomic E-state index is 13.3. The van der Waals surface area contributed by atoms with Crippen LogP contribution in [0.15, 0.2) is 48.5 Å². The number of hydrogen-bond donors (Lipinski definition) is 1. The average Bonchev–Trinajstić information content (AvgIpc) is 2.98. The minimum Gasteiger partial charge on any atom is -0.478 e. The third-order valence-electron chi connectivity index (χ3n) is 9.98. The minimum atomic E-state index is -1.14. The summed E-state index contributed by atoms with van der Waals surface area (Å²) in [5.74, 6) is 2.41. The molecule has 7 rings (SSSR count). The maximum Gasteiger partial charge on any atom is 0.331 e. The van der Waals surface area contributed by atoms with Crippen molar-refractivity contribution in [2.45, 2.75) is 115 Å². The van der Waals surface area contributed by atoms with E-state index in [9.17, 15) is 9.59 Å². The van der Waals surface area contributed by atoms with Crippen LogP contribution in [0.4, 0.5) is 0 Å². The minimum absolute atomic E-state index is 0.0647. The van der Waals surface area contributed by atoms with Crippen LogP contribution in [-0.4, -0.2) is 36.0 Å². The standard InChI is InChI=1S/C38H49NO6/c1-36(2,3)44-33(40)16-11-25-9-12-29(13-10-25)30-14-15-32(43-37(4,5)35(41)39-45-34-8-6-7-17-42-34)31(21-30)38-22-26-18-27(23-38)20-28(19-26)24-38/h9-16,21,26-28,34H,6-8,17-20,22-24H2,1-5H3,(H,39,41)/b16-11+. The molecule has 1 heterocycles. The quantitative estimate of drug-likeness (QED) is 0.175. The number of carbonyl (C=O) groups is 2. The Hall–Kier alpha value is -3.16. The largest absolute Gasteiger partial charge is 0.478 e. The third-order valence-corrected chi connectivity index (χ3v) is 9.98. The molecule has 0 radical (unpaired) electrons. The number of nitrogens with one attached hydrogen (secondary N) is 1. The summed E-state index contributed by atoms with van der Waals surface area (Å²) in [5.41, 5.74) is 5.39. The zero-order valence-corrected chi connectivity index (χ0v) is 27.5. The van der Waals surface area contributed by atoms with Gasteiger partial charge in [-0.25, -0.2) is 15.1 Å². The fourth-order valence-electron chi connectivity index (χ4n) is 8.31. The first-order chi connectivity index (χ1) is 21.4. The summed E-state index contributed by atoms with van der Waals surface area (Å²) in [4.78, 5) is 31.1. The smallest absolute Gasteiger partial charge is 0.331 e. The Morgan fingerprint density at radius 1 is 0.889 bits per heavy atom. The van der Waals surface area contributed by atoms with Crippen molar-refractivity contribution in [2.75, 3.05) is 6.61 Å². The first kappa shape index (κ1) is 31.8. The van der Waals surface area contributed by atoms with Crippen molar-refractivity contribution < 1.29 is 28.6 Å². The number of amides is 1. The predicted octanol–water partition coefficient (Wildman–Crippen LogP) is 7.91. The number of carbonyl (C=O) groups excluding carboxylic acids is 2. The summed E-state index contributed by atoms with van der Waals surface area (Å²) in [6.45, 7) is 9.83. The van der Waals surface area contributed by atoms with Gasteiger partial charge >= 0.3 is 5.97 Å². The number of hydroxylamine groups is 1. The van der Waals surface area contributed by atoms with Crippen molar-refractivity contribution in [3.8, 4) is 16.9 Å². The van der Waals surface area contributed by atoms with Crippen LogP contribution in [0.1, 0.15) is 104 Å². The topological polar surface area (TPSA) is 83.1 Å². The summed E-state index contributed by atoms with van der Waals surface area (Å²) in [7, 11) is 0. The van der Waals surface area contributed by atoms with Gasteiger partial charge in [-0.3, -0.25) is 4.79 Å². The van der Waals surface area contributed by atoms with E-state index in [0.717, 1.165) is 59.5 Å².